The third-order valence-corrected chi connectivity index (χ3v) is 6.16. The van der Waals surface area contributed by atoms with Crippen LogP contribution in [0.5, 0.6) is 5.88 Å². The van der Waals surface area contributed by atoms with Gasteiger partial charge >= 0.3 is 0 Å². The molecule has 1 fully saturated rings. The van der Waals surface area contributed by atoms with Gasteiger partial charge in [-0.25, -0.2) is 4.98 Å². The van der Waals surface area contributed by atoms with Gasteiger partial charge in [0.1, 0.15) is 6.10 Å². The Morgan fingerprint density at radius 1 is 1.23 bits per heavy atom. The lowest BCUT2D eigenvalue weighted by molar-refractivity contribution is -0.117. The van der Waals surface area contributed by atoms with Gasteiger partial charge < -0.3 is 15.0 Å². The van der Waals surface area contributed by atoms with E-state index >= 15 is 0 Å². The van der Waals surface area contributed by atoms with Crippen LogP contribution in [0, 0.1) is 0 Å². The average Bonchev–Trinajstić information content (AvgIpc) is 3.09. The number of likely N-dealkylation sites (tertiary alicyclic amines) is 1. The molecule has 26 heavy (non-hydrogen) atoms. The Kier molecular flexibility index (Phi) is 5.13. The van der Waals surface area contributed by atoms with Crippen molar-refractivity contribution in [3.63, 3.8) is 0 Å². The zero-order valence-corrected chi connectivity index (χ0v) is 15.7. The van der Waals surface area contributed by atoms with Crippen LogP contribution in [0.15, 0.2) is 47.5 Å². The summed E-state index contributed by atoms with van der Waals surface area (Å²) in [6.45, 7) is 2.11. The zero-order valence-electron chi connectivity index (χ0n) is 14.9. The van der Waals surface area contributed by atoms with Crippen LogP contribution in [-0.4, -0.2) is 47.8 Å². The van der Waals surface area contributed by atoms with Crippen molar-refractivity contribution >= 4 is 23.4 Å². The predicted molar refractivity (Wildman–Crippen MR) is 104 cm³/mol. The Morgan fingerprint density at radius 3 is 2.81 bits per heavy atom. The largest absolute Gasteiger partial charge is 0.474 e. The number of ether oxygens (including phenoxy) is 1. The van der Waals surface area contributed by atoms with Gasteiger partial charge in [0, 0.05) is 29.8 Å². The fourth-order valence-electron chi connectivity index (χ4n) is 3.41. The van der Waals surface area contributed by atoms with Gasteiger partial charge in [-0.05, 0) is 37.6 Å². The number of hydrogen-bond donors (Lipinski definition) is 1. The van der Waals surface area contributed by atoms with E-state index in [0.29, 0.717) is 11.6 Å². The maximum atomic E-state index is 12.6. The van der Waals surface area contributed by atoms with Crippen LogP contribution in [-0.2, 0) is 4.79 Å². The minimum Gasteiger partial charge on any atom is -0.474 e. The van der Waals surface area contributed by atoms with E-state index in [2.05, 4.69) is 28.3 Å². The molecule has 1 N–H and O–H groups in total. The molecule has 4 rings (SSSR count). The number of hydrogen-bond acceptors (Lipinski definition) is 5. The Bertz CT molecular complexity index is 773. The summed E-state index contributed by atoms with van der Waals surface area (Å²) in [5.74, 6) is 1.33. The molecule has 1 atom stereocenters. The molecule has 0 spiro atoms. The summed E-state index contributed by atoms with van der Waals surface area (Å²) in [5, 5.41) is 2.98. The van der Waals surface area contributed by atoms with Crippen molar-refractivity contribution in [1.29, 1.82) is 0 Å². The van der Waals surface area contributed by atoms with Crippen molar-refractivity contribution in [3.05, 3.63) is 48.2 Å². The van der Waals surface area contributed by atoms with Crippen molar-refractivity contribution in [2.75, 3.05) is 31.2 Å². The van der Waals surface area contributed by atoms with E-state index < -0.39 is 0 Å². The number of amides is 1. The lowest BCUT2D eigenvalue weighted by Crippen LogP contribution is -2.35. The van der Waals surface area contributed by atoms with E-state index in [-0.39, 0.29) is 17.9 Å². The summed E-state index contributed by atoms with van der Waals surface area (Å²) in [4.78, 5) is 20.5. The molecule has 6 heteroatoms. The normalized spacial score (nSPS) is 20.6. The number of nitrogens with one attached hydrogen (secondary N) is 1. The quantitative estimate of drug-likeness (QED) is 0.895. The first-order chi connectivity index (χ1) is 12.7. The molecule has 0 radical (unpaired) electrons. The van der Waals surface area contributed by atoms with Gasteiger partial charge in [-0.3, -0.25) is 4.79 Å². The number of anilines is 1. The van der Waals surface area contributed by atoms with Gasteiger partial charge in [0.15, 0.2) is 0 Å². The second-order valence-corrected chi connectivity index (χ2v) is 7.96. The number of thioether (sulfide) groups is 1. The highest BCUT2D eigenvalue weighted by Gasteiger charge is 2.29. The molecule has 0 bridgehead atoms. The molecule has 1 unspecified atom stereocenters. The molecular weight excluding hydrogens is 346 g/mol. The maximum Gasteiger partial charge on any atom is 0.232 e. The number of carbonyl (C=O) groups excluding carboxylic acids is 1. The first kappa shape index (κ1) is 17.4. The number of pyridine rings is 1. The van der Waals surface area contributed by atoms with Crippen LogP contribution in [0.2, 0.25) is 0 Å². The van der Waals surface area contributed by atoms with Crippen LogP contribution in [0.4, 0.5) is 5.69 Å². The van der Waals surface area contributed by atoms with Crippen molar-refractivity contribution < 1.29 is 9.53 Å². The van der Waals surface area contributed by atoms with Gasteiger partial charge in [0.05, 0.1) is 17.8 Å². The number of nitrogens with zero attached hydrogens (tertiary/aromatic N) is 2. The number of fused-ring (bicyclic) bond motifs is 1. The van der Waals surface area contributed by atoms with Gasteiger partial charge in [-0.1, -0.05) is 18.2 Å². The molecule has 1 amide bonds. The highest BCUT2D eigenvalue weighted by molar-refractivity contribution is 7.99. The van der Waals surface area contributed by atoms with E-state index in [4.69, 9.17) is 4.74 Å². The number of rotatable bonds is 4. The minimum atomic E-state index is -0.105. The van der Waals surface area contributed by atoms with Gasteiger partial charge in [0.25, 0.3) is 0 Å². The second-order valence-electron chi connectivity index (χ2n) is 6.90. The summed E-state index contributed by atoms with van der Waals surface area (Å²) in [5.41, 5.74) is 1.82. The number of benzene rings is 1. The highest BCUT2D eigenvalue weighted by atomic mass is 32.2. The molecule has 1 aromatic carbocycles. The molecule has 3 heterocycles. The monoisotopic (exact) mass is 369 g/mol. The molecule has 1 saturated heterocycles. The SMILES string of the molecule is CN1CCC(Oc2ccc(NC(=O)C3CSc4ccccc43)cn2)CC1. The summed E-state index contributed by atoms with van der Waals surface area (Å²) < 4.78 is 5.96. The van der Waals surface area contributed by atoms with E-state index in [1.807, 2.05) is 30.3 Å². The molecule has 2 aliphatic heterocycles. The minimum absolute atomic E-state index is 0.0215. The van der Waals surface area contributed by atoms with Gasteiger partial charge in [0.2, 0.25) is 11.8 Å². The van der Waals surface area contributed by atoms with Gasteiger partial charge in [-0.2, -0.15) is 0 Å². The number of piperidine rings is 1. The van der Waals surface area contributed by atoms with Crippen molar-refractivity contribution in [3.8, 4) is 5.88 Å². The number of aromatic nitrogens is 1. The third kappa shape index (κ3) is 3.86. The van der Waals surface area contributed by atoms with Crippen LogP contribution in [0.1, 0.15) is 24.3 Å². The summed E-state index contributed by atoms with van der Waals surface area (Å²) in [6.07, 6.45) is 3.95. The first-order valence-corrected chi connectivity index (χ1v) is 10.0. The molecule has 2 aliphatic rings. The fraction of sp³-hybridized carbons (Fsp3) is 0.400. The zero-order chi connectivity index (χ0) is 17.9. The Balaban J connectivity index is 1.35. The average molecular weight is 369 g/mol. The van der Waals surface area contributed by atoms with E-state index in [1.165, 1.54) is 4.90 Å². The first-order valence-electron chi connectivity index (χ1n) is 9.03. The fourth-order valence-corrected chi connectivity index (χ4v) is 4.64. The van der Waals surface area contributed by atoms with Crippen LogP contribution >= 0.6 is 11.8 Å². The highest BCUT2D eigenvalue weighted by Crippen LogP contribution is 2.39. The summed E-state index contributed by atoms with van der Waals surface area (Å²) >= 11 is 1.74. The van der Waals surface area contributed by atoms with Crippen molar-refractivity contribution in [2.24, 2.45) is 0 Å². The Hall–Kier alpha value is -2.05. The molecule has 2 aromatic rings. The lowest BCUT2D eigenvalue weighted by atomic mass is 10.0. The summed E-state index contributed by atoms with van der Waals surface area (Å²) in [6, 6.07) is 11.8. The predicted octanol–water partition coefficient (Wildman–Crippen LogP) is 3.38. The standard InChI is InChI=1S/C20H23N3O2S/c1-23-10-8-15(9-11-23)25-19-7-6-14(12-21-19)22-20(24)17-13-26-18-5-3-2-4-16(17)18/h2-7,12,15,17H,8-11,13H2,1H3,(H,22,24). The molecular formula is C20H23N3O2S. The third-order valence-electron chi connectivity index (χ3n) is 4.97. The topological polar surface area (TPSA) is 54.5 Å². The van der Waals surface area contributed by atoms with Crippen molar-refractivity contribution in [2.45, 2.75) is 29.8 Å². The summed E-state index contributed by atoms with van der Waals surface area (Å²) in [7, 11) is 2.13. The number of carbonyl (C=O) groups is 1. The van der Waals surface area contributed by atoms with Crippen molar-refractivity contribution in [1.82, 2.24) is 9.88 Å². The molecule has 5 nitrogen and oxygen atoms in total. The molecule has 1 aromatic heterocycles. The Labute approximate surface area is 158 Å². The van der Waals surface area contributed by atoms with Crippen LogP contribution in [0.3, 0.4) is 0 Å². The lowest BCUT2D eigenvalue weighted by Gasteiger charge is -2.28. The molecule has 0 aliphatic carbocycles. The van der Waals surface area contributed by atoms with Gasteiger partial charge in [-0.15, -0.1) is 11.8 Å². The second kappa shape index (κ2) is 7.68. The molecule has 136 valence electrons. The molecule has 0 saturated carbocycles. The van der Waals surface area contributed by atoms with Crippen LogP contribution in [0.25, 0.3) is 0 Å². The van der Waals surface area contributed by atoms with E-state index in [1.54, 1.807) is 18.0 Å². The maximum absolute atomic E-state index is 12.6. The van der Waals surface area contributed by atoms with Crippen LogP contribution < -0.4 is 10.1 Å². The van der Waals surface area contributed by atoms with E-state index in [9.17, 15) is 4.79 Å². The van der Waals surface area contributed by atoms with E-state index in [0.717, 1.165) is 37.2 Å². The Morgan fingerprint density at radius 2 is 2.04 bits per heavy atom. The smallest absolute Gasteiger partial charge is 0.232 e.